The third-order valence-corrected chi connectivity index (χ3v) is 4.39. The van der Waals surface area contributed by atoms with Crippen LogP contribution in [0.2, 0.25) is 5.15 Å². The summed E-state index contributed by atoms with van der Waals surface area (Å²) in [5.41, 5.74) is 2.27. The number of aryl methyl sites for hydroxylation is 1. The maximum atomic E-state index is 5.79. The van der Waals surface area contributed by atoms with E-state index in [9.17, 15) is 0 Å². The van der Waals surface area contributed by atoms with Gasteiger partial charge in [-0.3, -0.25) is 0 Å². The highest BCUT2D eigenvalue weighted by atomic mass is 127. The van der Waals surface area contributed by atoms with E-state index in [1.54, 1.807) is 11.3 Å². The molecule has 0 N–H and O–H groups in total. The van der Waals surface area contributed by atoms with Gasteiger partial charge in [0.05, 0.1) is 13.1 Å². The summed E-state index contributed by atoms with van der Waals surface area (Å²) in [6, 6.07) is 3.85. The van der Waals surface area contributed by atoms with Crippen LogP contribution in [0.15, 0.2) is 12.1 Å². The molecule has 4 heteroatoms. The Morgan fingerprint density at radius 3 is 3.00 bits per heavy atom. The van der Waals surface area contributed by atoms with E-state index in [4.69, 9.17) is 11.6 Å². The maximum absolute atomic E-state index is 5.79. The molecule has 0 saturated carbocycles. The Morgan fingerprint density at radius 2 is 2.25 bits per heavy atom. The SMILES string of the molecule is Cc1c(I)sc2ccc(Cl)nc12. The van der Waals surface area contributed by atoms with Gasteiger partial charge in [-0.1, -0.05) is 11.6 Å². The van der Waals surface area contributed by atoms with Gasteiger partial charge >= 0.3 is 0 Å². The second kappa shape index (κ2) is 3.12. The van der Waals surface area contributed by atoms with Crippen molar-refractivity contribution in [3.63, 3.8) is 0 Å². The van der Waals surface area contributed by atoms with Crippen molar-refractivity contribution >= 4 is 55.7 Å². The molecule has 2 aromatic heterocycles. The average molecular weight is 310 g/mol. The molecule has 0 radical (unpaired) electrons. The lowest BCUT2D eigenvalue weighted by atomic mass is 10.3. The van der Waals surface area contributed by atoms with E-state index in [0.29, 0.717) is 5.15 Å². The van der Waals surface area contributed by atoms with Crippen LogP contribution in [0.3, 0.4) is 0 Å². The lowest BCUT2D eigenvalue weighted by molar-refractivity contribution is 1.38. The van der Waals surface area contributed by atoms with Crippen molar-refractivity contribution in [3.05, 3.63) is 25.7 Å². The number of hydrogen-bond acceptors (Lipinski definition) is 2. The predicted molar refractivity (Wildman–Crippen MR) is 62.1 cm³/mol. The molecule has 0 spiro atoms. The standard InChI is InChI=1S/C8H5ClINS/c1-4-7-5(12-8(4)10)2-3-6(9)11-7/h2-3H,1H3. The van der Waals surface area contributed by atoms with E-state index >= 15 is 0 Å². The largest absolute Gasteiger partial charge is 0.235 e. The molecule has 0 saturated heterocycles. The molecule has 0 unspecified atom stereocenters. The molecule has 0 aliphatic carbocycles. The van der Waals surface area contributed by atoms with Crippen LogP contribution in [0.1, 0.15) is 5.56 Å². The Kier molecular flexibility index (Phi) is 2.27. The molecule has 2 aromatic rings. The van der Waals surface area contributed by atoms with Gasteiger partial charge in [0, 0.05) is 0 Å². The molecule has 0 fully saturated rings. The van der Waals surface area contributed by atoms with Crippen molar-refractivity contribution in [2.75, 3.05) is 0 Å². The van der Waals surface area contributed by atoms with E-state index in [-0.39, 0.29) is 0 Å². The van der Waals surface area contributed by atoms with Crippen LogP contribution in [0.4, 0.5) is 0 Å². The number of aromatic nitrogens is 1. The van der Waals surface area contributed by atoms with Crippen LogP contribution in [0.5, 0.6) is 0 Å². The normalized spacial score (nSPS) is 10.9. The summed E-state index contributed by atoms with van der Waals surface area (Å²) >= 11 is 9.87. The molecule has 2 rings (SSSR count). The lowest BCUT2D eigenvalue weighted by Gasteiger charge is -1.90. The second-order valence-corrected chi connectivity index (χ2v) is 5.73. The minimum atomic E-state index is 0.569. The van der Waals surface area contributed by atoms with Gasteiger partial charge in [0.25, 0.3) is 0 Å². The number of pyridine rings is 1. The molecule has 2 heterocycles. The van der Waals surface area contributed by atoms with Crippen molar-refractivity contribution in [2.45, 2.75) is 6.92 Å². The van der Waals surface area contributed by atoms with Crippen molar-refractivity contribution < 1.29 is 0 Å². The van der Waals surface area contributed by atoms with Gasteiger partial charge in [0.1, 0.15) is 5.15 Å². The first-order valence-corrected chi connectivity index (χ1v) is 5.67. The van der Waals surface area contributed by atoms with Crippen molar-refractivity contribution in [1.29, 1.82) is 0 Å². The van der Waals surface area contributed by atoms with Crippen LogP contribution in [-0.2, 0) is 0 Å². The van der Waals surface area contributed by atoms with Crippen LogP contribution in [-0.4, -0.2) is 4.98 Å². The number of rotatable bonds is 0. The van der Waals surface area contributed by atoms with Gasteiger partial charge in [0.15, 0.2) is 0 Å². The third kappa shape index (κ3) is 1.34. The van der Waals surface area contributed by atoms with Crippen molar-refractivity contribution in [2.24, 2.45) is 0 Å². The van der Waals surface area contributed by atoms with E-state index in [1.807, 2.05) is 12.1 Å². The molecule has 0 amide bonds. The highest BCUT2D eigenvalue weighted by Gasteiger charge is 2.06. The van der Waals surface area contributed by atoms with Crippen LogP contribution in [0.25, 0.3) is 10.2 Å². The first-order chi connectivity index (χ1) is 5.68. The Morgan fingerprint density at radius 1 is 1.50 bits per heavy atom. The van der Waals surface area contributed by atoms with Crippen molar-refractivity contribution in [1.82, 2.24) is 4.98 Å². The average Bonchev–Trinajstić information content (AvgIpc) is 2.31. The van der Waals surface area contributed by atoms with E-state index in [1.165, 1.54) is 13.1 Å². The second-order valence-electron chi connectivity index (χ2n) is 2.48. The molecular weight excluding hydrogens is 305 g/mol. The summed E-state index contributed by atoms with van der Waals surface area (Å²) in [6.45, 7) is 2.07. The van der Waals surface area contributed by atoms with E-state index < -0.39 is 0 Å². The van der Waals surface area contributed by atoms with Gasteiger partial charge in [-0.25, -0.2) is 4.98 Å². The fraction of sp³-hybridized carbons (Fsp3) is 0.125. The molecule has 62 valence electrons. The Bertz CT molecular complexity index is 438. The molecule has 0 atom stereocenters. The van der Waals surface area contributed by atoms with Crippen LogP contribution < -0.4 is 0 Å². The summed E-state index contributed by atoms with van der Waals surface area (Å²) in [4.78, 5) is 4.27. The van der Waals surface area contributed by atoms with Crippen LogP contribution >= 0.6 is 45.5 Å². The van der Waals surface area contributed by atoms with E-state index in [2.05, 4.69) is 34.5 Å². The Hall–Kier alpha value is 0.130. The first kappa shape index (κ1) is 8.72. The van der Waals surface area contributed by atoms with Gasteiger partial charge in [-0.05, 0) is 47.2 Å². The third-order valence-electron chi connectivity index (χ3n) is 1.67. The van der Waals surface area contributed by atoms with Gasteiger partial charge < -0.3 is 0 Å². The number of fused-ring (bicyclic) bond motifs is 1. The summed E-state index contributed by atoms with van der Waals surface area (Å²) < 4.78 is 2.50. The van der Waals surface area contributed by atoms with E-state index in [0.717, 1.165) is 5.52 Å². The number of hydrogen-bond donors (Lipinski definition) is 0. The Labute approximate surface area is 92.9 Å². The molecule has 0 bridgehead atoms. The summed E-state index contributed by atoms with van der Waals surface area (Å²) in [6.07, 6.45) is 0. The monoisotopic (exact) mass is 309 g/mol. The van der Waals surface area contributed by atoms with Gasteiger partial charge in [-0.2, -0.15) is 0 Å². The fourth-order valence-electron chi connectivity index (χ4n) is 1.04. The topological polar surface area (TPSA) is 12.9 Å². The smallest absolute Gasteiger partial charge is 0.129 e. The Balaban J connectivity index is 2.88. The predicted octanol–water partition coefficient (Wildman–Crippen LogP) is 3.86. The number of thiophene rings is 1. The molecule has 12 heavy (non-hydrogen) atoms. The molecule has 0 aliphatic heterocycles. The zero-order valence-corrected chi connectivity index (χ0v) is 10.00. The maximum Gasteiger partial charge on any atom is 0.129 e. The van der Waals surface area contributed by atoms with Crippen molar-refractivity contribution in [3.8, 4) is 0 Å². The highest BCUT2D eigenvalue weighted by molar-refractivity contribution is 14.1. The first-order valence-electron chi connectivity index (χ1n) is 3.39. The molecule has 0 aromatic carbocycles. The molecule has 1 nitrogen and oxygen atoms in total. The van der Waals surface area contributed by atoms with Gasteiger partial charge in [0.2, 0.25) is 0 Å². The minimum absolute atomic E-state index is 0.569. The minimum Gasteiger partial charge on any atom is -0.235 e. The quantitative estimate of drug-likeness (QED) is 0.532. The zero-order valence-electron chi connectivity index (χ0n) is 6.27. The van der Waals surface area contributed by atoms with Gasteiger partial charge in [-0.15, -0.1) is 11.3 Å². The summed E-state index contributed by atoms with van der Waals surface area (Å²) in [5, 5.41) is 0.569. The molecule has 0 aliphatic rings. The van der Waals surface area contributed by atoms with Crippen LogP contribution in [0, 0.1) is 9.81 Å². The molecular formula is C8H5ClINS. The lowest BCUT2D eigenvalue weighted by Crippen LogP contribution is -1.76. The number of nitrogens with zero attached hydrogens (tertiary/aromatic N) is 1. The highest BCUT2D eigenvalue weighted by Crippen LogP contribution is 2.31. The number of halogens is 2. The summed E-state index contributed by atoms with van der Waals surface area (Å²) in [5.74, 6) is 0. The summed E-state index contributed by atoms with van der Waals surface area (Å²) in [7, 11) is 0. The zero-order chi connectivity index (χ0) is 8.72. The fourth-order valence-corrected chi connectivity index (χ4v) is 3.03.